The van der Waals surface area contributed by atoms with E-state index in [4.69, 9.17) is 0 Å². The van der Waals surface area contributed by atoms with E-state index in [0.717, 1.165) is 5.92 Å². The minimum atomic E-state index is 0. The van der Waals surface area contributed by atoms with Crippen LogP contribution in [0.1, 0.15) is 38.5 Å². The van der Waals surface area contributed by atoms with E-state index in [0.29, 0.717) is 0 Å². The minimum Gasteiger partial charge on any atom is -1.00 e. The van der Waals surface area contributed by atoms with E-state index < -0.39 is 0 Å². The predicted octanol–water partition coefficient (Wildman–Crippen LogP) is 1.53. The van der Waals surface area contributed by atoms with Gasteiger partial charge in [0.1, 0.15) is 0 Å². The molecule has 0 radical (unpaired) electrons. The molecule has 2 heteroatoms. The zero-order valence-corrected chi connectivity index (χ0v) is 13.9. The fraction of sp³-hybridized carbons (Fsp3) is 0.438. The number of halogens is 1. The molecule has 3 aliphatic carbocycles. The van der Waals surface area contributed by atoms with Gasteiger partial charge in [-0.05, 0) is 12.8 Å². The zero-order valence-electron chi connectivity index (χ0n) is 10.7. The second-order valence-electron chi connectivity index (χ2n) is 5.02. The van der Waals surface area contributed by atoms with Crippen molar-refractivity contribution in [1.82, 2.24) is 0 Å². The van der Waals surface area contributed by atoms with E-state index >= 15 is 0 Å². The Bertz CT molecular complexity index is 352. The summed E-state index contributed by atoms with van der Waals surface area (Å²) >= 11 is 0. The summed E-state index contributed by atoms with van der Waals surface area (Å²) in [5.41, 5.74) is 3.26. The Hall–Kier alpha value is 0.00312. The monoisotopic (exact) mass is 336 g/mol. The standard InChI is InChI=1S/C16H19.ClH.Zr/c1-2-8-13(7-1)15-11-5-6-12-16(15)14-9-3-4-10-14;;/h1-4,7,9,15H,5-6,8,10-12H2;1H;/q-1;;+2/p-1. The van der Waals surface area contributed by atoms with Crippen LogP contribution in [0.3, 0.4) is 0 Å². The Kier molecular flexibility index (Phi) is 6.74. The van der Waals surface area contributed by atoms with Crippen molar-refractivity contribution in [3.63, 3.8) is 0 Å². The average Bonchev–Trinajstić information content (AvgIpc) is 3.03. The van der Waals surface area contributed by atoms with E-state index in [1.165, 1.54) is 38.5 Å². The van der Waals surface area contributed by atoms with Crippen molar-refractivity contribution in [2.45, 2.75) is 38.5 Å². The first-order valence-electron chi connectivity index (χ1n) is 6.52. The van der Waals surface area contributed by atoms with Gasteiger partial charge in [-0.25, -0.2) is 17.6 Å². The van der Waals surface area contributed by atoms with Gasteiger partial charge in [-0.1, -0.05) is 55.4 Å². The van der Waals surface area contributed by atoms with Crippen LogP contribution < -0.4 is 12.4 Å². The Balaban J connectivity index is 0.000000810. The van der Waals surface area contributed by atoms with E-state index in [1.807, 2.05) is 0 Å². The van der Waals surface area contributed by atoms with Gasteiger partial charge < -0.3 is 12.4 Å². The van der Waals surface area contributed by atoms with Crippen molar-refractivity contribution in [3.05, 3.63) is 53.5 Å². The first-order valence-corrected chi connectivity index (χ1v) is 6.52. The normalized spacial score (nSPS) is 25.3. The molecule has 0 N–H and O–H groups in total. The first kappa shape index (κ1) is 16.1. The molecule has 0 aliphatic heterocycles. The van der Waals surface area contributed by atoms with E-state index in [9.17, 15) is 0 Å². The molecule has 1 unspecified atom stereocenters. The van der Waals surface area contributed by atoms with Crippen molar-refractivity contribution in [2.24, 2.45) is 5.92 Å². The molecule has 1 fully saturated rings. The second-order valence-corrected chi connectivity index (χ2v) is 5.02. The summed E-state index contributed by atoms with van der Waals surface area (Å²) in [6, 6.07) is 0. The van der Waals surface area contributed by atoms with Crippen molar-refractivity contribution < 1.29 is 38.6 Å². The van der Waals surface area contributed by atoms with E-state index in [2.05, 4.69) is 36.5 Å². The Morgan fingerprint density at radius 3 is 2.44 bits per heavy atom. The molecule has 3 rings (SSSR count). The fourth-order valence-electron chi connectivity index (χ4n) is 3.21. The van der Waals surface area contributed by atoms with Gasteiger partial charge in [0.2, 0.25) is 0 Å². The van der Waals surface area contributed by atoms with Crippen LogP contribution >= 0.6 is 0 Å². The van der Waals surface area contributed by atoms with Gasteiger partial charge in [0.15, 0.2) is 0 Å². The van der Waals surface area contributed by atoms with Gasteiger partial charge >= 0.3 is 26.2 Å². The summed E-state index contributed by atoms with van der Waals surface area (Å²) in [6.07, 6.45) is 21.6. The molecule has 0 nitrogen and oxygen atoms in total. The van der Waals surface area contributed by atoms with Crippen LogP contribution in [-0.4, -0.2) is 0 Å². The van der Waals surface area contributed by atoms with Crippen molar-refractivity contribution >= 4 is 0 Å². The molecule has 0 saturated heterocycles. The van der Waals surface area contributed by atoms with Crippen LogP contribution in [0.5, 0.6) is 0 Å². The molecule has 1 saturated carbocycles. The van der Waals surface area contributed by atoms with Crippen LogP contribution in [0.25, 0.3) is 0 Å². The third kappa shape index (κ3) is 3.31. The molecule has 0 aromatic heterocycles. The van der Waals surface area contributed by atoms with Crippen LogP contribution in [-0.2, 0) is 26.2 Å². The van der Waals surface area contributed by atoms with Crippen LogP contribution in [0.2, 0.25) is 0 Å². The topological polar surface area (TPSA) is 0 Å². The zero-order chi connectivity index (χ0) is 10.8. The SMILES string of the molecule is C1=CCC([C-]2CCCCC2C2=CC=CC2)=C1.[Cl-].[Zr+2]. The molecule has 18 heavy (non-hydrogen) atoms. The van der Waals surface area contributed by atoms with Gasteiger partial charge in [0, 0.05) is 0 Å². The summed E-state index contributed by atoms with van der Waals surface area (Å²) in [6.45, 7) is 0. The van der Waals surface area contributed by atoms with Gasteiger partial charge in [-0.15, -0.1) is 12.2 Å². The molecule has 94 valence electrons. The van der Waals surface area contributed by atoms with E-state index in [1.54, 1.807) is 17.1 Å². The summed E-state index contributed by atoms with van der Waals surface area (Å²) < 4.78 is 0. The third-order valence-corrected chi connectivity index (χ3v) is 4.04. The van der Waals surface area contributed by atoms with Crippen LogP contribution in [0, 0.1) is 11.8 Å². The molecule has 0 heterocycles. The Morgan fingerprint density at radius 1 is 1.00 bits per heavy atom. The first-order chi connectivity index (χ1) is 7.95. The van der Waals surface area contributed by atoms with Crippen LogP contribution in [0.15, 0.2) is 47.6 Å². The molecular formula is C16H19ClZr. The number of allylic oxidation sites excluding steroid dienone is 8. The summed E-state index contributed by atoms with van der Waals surface area (Å²) in [5.74, 6) is 2.50. The molecular weight excluding hydrogens is 319 g/mol. The molecule has 0 bridgehead atoms. The molecule has 0 amide bonds. The third-order valence-electron chi connectivity index (χ3n) is 4.04. The smallest absolute Gasteiger partial charge is 1.00 e. The maximum absolute atomic E-state index is 2.35. The largest absolute Gasteiger partial charge is 2.00 e. The second kappa shape index (κ2) is 7.56. The predicted molar refractivity (Wildman–Crippen MR) is 68.9 cm³/mol. The Labute approximate surface area is 136 Å². The van der Waals surface area contributed by atoms with Gasteiger partial charge in [0.25, 0.3) is 0 Å². The van der Waals surface area contributed by atoms with Crippen molar-refractivity contribution in [3.8, 4) is 0 Å². The van der Waals surface area contributed by atoms with Crippen molar-refractivity contribution in [2.75, 3.05) is 0 Å². The van der Waals surface area contributed by atoms with Gasteiger partial charge in [-0.3, -0.25) is 0 Å². The van der Waals surface area contributed by atoms with Gasteiger partial charge in [0.05, 0.1) is 0 Å². The molecule has 1 atom stereocenters. The maximum atomic E-state index is 2.35. The molecule has 0 spiro atoms. The number of rotatable bonds is 2. The van der Waals surface area contributed by atoms with Gasteiger partial charge in [-0.2, -0.15) is 0 Å². The average molecular weight is 338 g/mol. The maximum Gasteiger partial charge on any atom is 2.00 e. The quantitative estimate of drug-likeness (QED) is 0.670. The summed E-state index contributed by atoms with van der Waals surface area (Å²) in [4.78, 5) is 0. The van der Waals surface area contributed by atoms with Crippen molar-refractivity contribution in [1.29, 1.82) is 0 Å². The number of hydrogen-bond acceptors (Lipinski definition) is 0. The van der Waals surface area contributed by atoms with E-state index in [-0.39, 0.29) is 38.6 Å². The summed E-state index contributed by atoms with van der Waals surface area (Å²) in [7, 11) is 0. The summed E-state index contributed by atoms with van der Waals surface area (Å²) in [5, 5.41) is 0. The van der Waals surface area contributed by atoms with Crippen LogP contribution in [0.4, 0.5) is 0 Å². The molecule has 0 aromatic carbocycles. The fourth-order valence-corrected chi connectivity index (χ4v) is 3.21. The molecule has 3 aliphatic rings. The minimum absolute atomic E-state index is 0. The number of hydrogen-bond donors (Lipinski definition) is 0. The Morgan fingerprint density at radius 2 is 1.78 bits per heavy atom. The molecule has 0 aromatic rings.